The minimum absolute atomic E-state index is 0.172. The average molecular weight is 415 g/mol. The van der Waals surface area contributed by atoms with Gasteiger partial charge in [0.2, 0.25) is 5.89 Å². The summed E-state index contributed by atoms with van der Waals surface area (Å²) >= 11 is 0. The second-order valence-electron chi connectivity index (χ2n) is 8.24. The van der Waals surface area contributed by atoms with E-state index in [4.69, 9.17) is 9.26 Å². The maximum atomic E-state index is 13.9. The van der Waals surface area contributed by atoms with Crippen LogP contribution < -0.4 is 5.69 Å². The monoisotopic (exact) mass is 415 g/mol. The van der Waals surface area contributed by atoms with Gasteiger partial charge in [-0.3, -0.25) is 9.47 Å². The minimum atomic E-state index is -0.409. The van der Waals surface area contributed by atoms with Gasteiger partial charge in [-0.15, -0.1) is 0 Å². The molecule has 160 valence electrons. The van der Waals surface area contributed by atoms with E-state index in [0.717, 1.165) is 38.8 Å². The van der Waals surface area contributed by atoms with E-state index < -0.39 is 5.82 Å². The van der Waals surface area contributed by atoms with Gasteiger partial charge in [-0.2, -0.15) is 4.98 Å². The van der Waals surface area contributed by atoms with Crippen molar-refractivity contribution in [1.29, 1.82) is 0 Å². The maximum Gasteiger partial charge on any atom is 0.336 e. The molecule has 3 aromatic rings. The first-order valence-corrected chi connectivity index (χ1v) is 10.6. The summed E-state index contributed by atoms with van der Waals surface area (Å²) in [7, 11) is 1.77. The molecule has 1 aliphatic carbocycles. The van der Waals surface area contributed by atoms with Crippen LogP contribution in [0.2, 0.25) is 0 Å². The fraction of sp³-hybridized carbons (Fsp3) is 0.571. The summed E-state index contributed by atoms with van der Waals surface area (Å²) in [4.78, 5) is 19.9. The van der Waals surface area contributed by atoms with Crippen LogP contribution in [0.15, 0.2) is 27.5 Å². The first-order chi connectivity index (χ1) is 14.6. The fourth-order valence-corrected chi connectivity index (χ4v) is 4.82. The van der Waals surface area contributed by atoms with Gasteiger partial charge < -0.3 is 9.26 Å². The number of ether oxygens (including phenoxy) is 1. The Morgan fingerprint density at radius 3 is 2.67 bits per heavy atom. The molecule has 2 aliphatic rings. The van der Waals surface area contributed by atoms with E-state index in [1.807, 2.05) is 6.92 Å². The molecule has 0 unspecified atom stereocenters. The van der Waals surface area contributed by atoms with Crippen LogP contribution in [0.4, 0.5) is 4.39 Å². The zero-order valence-corrected chi connectivity index (χ0v) is 17.3. The average Bonchev–Trinajstić information content (AvgIpc) is 3.29. The van der Waals surface area contributed by atoms with Gasteiger partial charge in [0.25, 0.3) is 5.95 Å². The van der Waals surface area contributed by atoms with Crippen molar-refractivity contribution in [2.75, 3.05) is 20.2 Å². The summed E-state index contributed by atoms with van der Waals surface area (Å²) in [5, 5.41) is 4.07. The molecular weight excluding hydrogens is 389 g/mol. The van der Waals surface area contributed by atoms with E-state index in [2.05, 4.69) is 15.0 Å². The molecule has 0 spiro atoms. The maximum absolute atomic E-state index is 13.9. The molecule has 3 heterocycles. The second kappa shape index (κ2) is 7.63. The summed E-state index contributed by atoms with van der Waals surface area (Å²) in [5.41, 5.74) is 0.808. The standard InChI is InChI=1S/C21H26FN5O3/c1-3-26-17-9-6-14(22)10-18(17)27(21(26)28)20-23-19(30-24-20)13-4-7-15(8-5-13)25-11-16(12-25)29-2/h6,9-10,13,15-16H,3-5,7-8,11-12H2,1-2H3. The molecule has 1 saturated heterocycles. The molecule has 30 heavy (non-hydrogen) atoms. The number of nitrogens with zero attached hydrogens (tertiary/aromatic N) is 5. The van der Waals surface area contributed by atoms with Gasteiger partial charge in [-0.25, -0.2) is 13.8 Å². The molecule has 9 heteroatoms. The Kier molecular flexibility index (Phi) is 4.94. The quantitative estimate of drug-likeness (QED) is 0.638. The van der Waals surface area contributed by atoms with Crippen LogP contribution in [0.5, 0.6) is 0 Å². The molecule has 0 N–H and O–H groups in total. The van der Waals surface area contributed by atoms with Crippen LogP contribution in [0.25, 0.3) is 17.0 Å². The van der Waals surface area contributed by atoms with Crippen LogP contribution in [0, 0.1) is 5.82 Å². The minimum Gasteiger partial charge on any atom is -0.379 e. The lowest BCUT2D eigenvalue weighted by atomic mass is 9.84. The van der Waals surface area contributed by atoms with Crippen molar-refractivity contribution in [3.05, 3.63) is 40.4 Å². The number of halogens is 1. The zero-order chi connectivity index (χ0) is 20.8. The predicted octanol–water partition coefficient (Wildman–Crippen LogP) is 2.69. The third-order valence-corrected chi connectivity index (χ3v) is 6.61. The van der Waals surface area contributed by atoms with E-state index in [1.54, 1.807) is 17.7 Å². The largest absolute Gasteiger partial charge is 0.379 e. The Bertz CT molecular complexity index is 1110. The van der Waals surface area contributed by atoms with Gasteiger partial charge in [0, 0.05) is 44.8 Å². The molecule has 1 aliphatic heterocycles. The smallest absolute Gasteiger partial charge is 0.336 e. The molecule has 0 radical (unpaired) electrons. The van der Waals surface area contributed by atoms with Crippen LogP contribution in [-0.4, -0.2) is 56.5 Å². The molecule has 0 bridgehead atoms. The van der Waals surface area contributed by atoms with Gasteiger partial charge in [-0.05, 0) is 49.9 Å². The number of aromatic nitrogens is 4. The van der Waals surface area contributed by atoms with Crippen LogP contribution in [0.1, 0.15) is 44.4 Å². The number of likely N-dealkylation sites (tertiary alicyclic amines) is 1. The summed E-state index contributed by atoms with van der Waals surface area (Å²) in [6, 6.07) is 4.89. The Labute approximate surface area is 173 Å². The topological polar surface area (TPSA) is 78.3 Å². The number of rotatable bonds is 5. The van der Waals surface area contributed by atoms with Crippen molar-refractivity contribution >= 4 is 11.0 Å². The van der Waals surface area contributed by atoms with Crippen molar-refractivity contribution in [2.24, 2.45) is 0 Å². The molecule has 2 fully saturated rings. The number of hydrogen-bond acceptors (Lipinski definition) is 6. The molecule has 8 nitrogen and oxygen atoms in total. The van der Waals surface area contributed by atoms with Gasteiger partial charge in [0.1, 0.15) is 5.82 Å². The number of fused-ring (bicyclic) bond motifs is 1. The van der Waals surface area contributed by atoms with Crippen LogP contribution in [0.3, 0.4) is 0 Å². The Morgan fingerprint density at radius 1 is 1.20 bits per heavy atom. The molecule has 1 aromatic carbocycles. The van der Waals surface area contributed by atoms with Crippen LogP contribution in [-0.2, 0) is 11.3 Å². The highest BCUT2D eigenvalue weighted by Crippen LogP contribution is 2.36. The van der Waals surface area contributed by atoms with Crippen molar-refractivity contribution in [1.82, 2.24) is 24.2 Å². The van der Waals surface area contributed by atoms with E-state index in [9.17, 15) is 9.18 Å². The lowest BCUT2D eigenvalue weighted by molar-refractivity contribution is -0.0583. The van der Waals surface area contributed by atoms with Gasteiger partial charge in [0.15, 0.2) is 0 Å². The predicted molar refractivity (Wildman–Crippen MR) is 108 cm³/mol. The SMILES string of the molecule is CCn1c(=O)n(-c2noc(C3CCC(N4CC(OC)C4)CC3)n2)c2cc(F)ccc21. The molecular formula is C21H26FN5O3. The summed E-state index contributed by atoms with van der Waals surface area (Å²) < 4.78 is 27.7. The fourth-order valence-electron chi connectivity index (χ4n) is 4.82. The third kappa shape index (κ3) is 3.16. The lowest BCUT2D eigenvalue weighted by Crippen LogP contribution is -2.56. The van der Waals surface area contributed by atoms with Gasteiger partial charge >= 0.3 is 5.69 Å². The number of imidazole rings is 1. The second-order valence-corrected chi connectivity index (χ2v) is 8.24. The van der Waals surface area contributed by atoms with Crippen molar-refractivity contribution in [2.45, 2.75) is 57.2 Å². The van der Waals surface area contributed by atoms with Crippen molar-refractivity contribution < 1.29 is 13.7 Å². The highest BCUT2D eigenvalue weighted by Gasteiger charge is 2.36. The normalized spacial score (nSPS) is 23.2. The molecule has 0 amide bonds. The number of benzene rings is 1. The summed E-state index contributed by atoms with van der Waals surface area (Å²) in [6.45, 7) is 4.37. The highest BCUT2D eigenvalue weighted by molar-refractivity contribution is 5.77. The molecule has 2 aromatic heterocycles. The van der Waals surface area contributed by atoms with E-state index in [1.165, 1.54) is 16.7 Å². The van der Waals surface area contributed by atoms with E-state index >= 15 is 0 Å². The molecule has 0 atom stereocenters. The first kappa shape index (κ1) is 19.4. The Morgan fingerprint density at radius 2 is 1.97 bits per heavy atom. The van der Waals surface area contributed by atoms with E-state index in [-0.39, 0.29) is 17.6 Å². The molecule has 5 rings (SSSR count). The summed E-state index contributed by atoms with van der Waals surface area (Å²) in [5.74, 6) is 0.510. The van der Waals surface area contributed by atoms with Gasteiger partial charge in [-0.1, -0.05) is 0 Å². The summed E-state index contributed by atoms with van der Waals surface area (Å²) in [6.07, 6.45) is 4.48. The Balaban J connectivity index is 1.36. The van der Waals surface area contributed by atoms with Crippen molar-refractivity contribution in [3.63, 3.8) is 0 Å². The first-order valence-electron chi connectivity index (χ1n) is 10.6. The van der Waals surface area contributed by atoms with Gasteiger partial charge in [0.05, 0.1) is 17.1 Å². The Hall–Kier alpha value is -2.52. The molecule has 1 saturated carbocycles. The number of methoxy groups -OCH3 is 1. The third-order valence-electron chi connectivity index (χ3n) is 6.61. The van der Waals surface area contributed by atoms with E-state index in [0.29, 0.717) is 35.6 Å². The number of hydrogen-bond donors (Lipinski definition) is 0. The zero-order valence-electron chi connectivity index (χ0n) is 17.3. The van der Waals surface area contributed by atoms with Crippen LogP contribution >= 0.6 is 0 Å². The van der Waals surface area contributed by atoms with Crippen molar-refractivity contribution in [3.8, 4) is 5.95 Å². The lowest BCUT2D eigenvalue weighted by Gasteiger charge is -2.45. The highest BCUT2D eigenvalue weighted by atomic mass is 19.1. The number of aryl methyl sites for hydroxylation is 1.